The summed E-state index contributed by atoms with van der Waals surface area (Å²) in [5.74, 6) is 1.28. The molecule has 17 heavy (non-hydrogen) atoms. The van der Waals surface area contributed by atoms with Crippen LogP contribution in [0.5, 0.6) is 0 Å². The predicted octanol–water partition coefficient (Wildman–Crippen LogP) is 1.42. The second-order valence-corrected chi connectivity index (χ2v) is 5.83. The van der Waals surface area contributed by atoms with Gasteiger partial charge >= 0.3 is 6.03 Å². The van der Waals surface area contributed by atoms with E-state index in [-0.39, 0.29) is 12.1 Å². The number of nitrogens with zero attached hydrogens (tertiary/aromatic N) is 1. The first-order valence-electron chi connectivity index (χ1n) is 6.86. The van der Waals surface area contributed by atoms with Crippen LogP contribution in [0.1, 0.15) is 33.6 Å². The highest BCUT2D eigenvalue weighted by Gasteiger charge is 2.34. The Morgan fingerprint density at radius 1 is 1.35 bits per heavy atom. The van der Waals surface area contributed by atoms with E-state index in [1.165, 1.54) is 6.42 Å². The molecule has 3 atom stereocenters. The molecule has 1 unspecified atom stereocenters. The van der Waals surface area contributed by atoms with E-state index in [0.717, 1.165) is 32.0 Å². The summed E-state index contributed by atoms with van der Waals surface area (Å²) in [7, 11) is 0. The van der Waals surface area contributed by atoms with Crippen LogP contribution in [-0.2, 0) is 0 Å². The number of carbonyl (C=O) groups excluding carboxylic acids is 1. The molecule has 0 aliphatic carbocycles. The van der Waals surface area contributed by atoms with Gasteiger partial charge in [-0.1, -0.05) is 13.8 Å². The number of amides is 2. The van der Waals surface area contributed by atoms with Gasteiger partial charge in [-0.15, -0.1) is 0 Å². The van der Waals surface area contributed by atoms with Crippen LogP contribution in [0.15, 0.2) is 0 Å². The Morgan fingerprint density at radius 2 is 2.12 bits per heavy atom. The Kier molecular flexibility index (Phi) is 3.92. The SMILES string of the molecule is CC(C)C(C)NC(=O)N1CC[C@H]2CCN[C@H]2C1. The lowest BCUT2D eigenvalue weighted by molar-refractivity contribution is 0.157. The van der Waals surface area contributed by atoms with Crippen LogP contribution in [0.25, 0.3) is 0 Å². The third-order valence-corrected chi connectivity index (χ3v) is 4.32. The maximum absolute atomic E-state index is 12.1. The molecule has 2 amide bonds. The van der Waals surface area contributed by atoms with Crippen molar-refractivity contribution in [2.75, 3.05) is 19.6 Å². The molecule has 2 fully saturated rings. The lowest BCUT2D eigenvalue weighted by Crippen LogP contribution is -2.53. The third kappa shape index (κ3) is 2.92. The Bertz CT molecular complexity index is 280. The van der Waals surface area contributed by atoms with Crippen LogP contribution in [0.4, 0.5) is 4.79 Å². The first-order valence-corrected chi connectivity index (χ1v) is 6.86. The highest BCUT2D eigenvalue weighted by Crippen LogP contribution is 2.25. The highest BCUT2D eigenvalue weighted by molar-refractivity contribution is 5.74. The van der Waals surface area contributed by atoms with Crippen LogP contribution in [-0.4, -0.2) is 42.6 Å². The maximum atomic E-state index is 12.1. The maximum Gasteiger partial charge on any atom is 0.317 e. The minimum Gasteiger partial charge on any atom is -0.335 e. The highest BCUT2D eigenvalue weighted by atomic mass is 16.2. The van der Waals surface area contributed by atoms with E-state index < -0.39 is 0 Å². The molecular formula is C13H25N3O. The topological polar surface area (TPSA) is 44.4 Å². The number of hydrogen-bond acceptors (Lipinski definition) is 2. The Labute approximate surface area is 104 Å². The number of hydrogen-bond donors (Lipinski definition) is 2. The summed E-state index contributed by atoms with van der Waals surface area (Å²) in [6, 6.07) is 0.888. The smallest absolute Gasteiger partial charge is 0.317 e. The number of fused-ring (bicyclic) bond motifs is 1. The van der Waals surface area contributed by atoms with Gasteiger partial charge in [0.1, 0.15) is 0 Å². The molecule has 2 aliphatic heterocycles. The molecule has 0 aromatic rings. The molecule has 0 spiro atoms. The molecule has 2 rings (SSSR count). The normalized spacial score (nSPS) is 30.2. The van der Waals surface area contributed by atoms with E-state index in [9.17, 15) is 4.79 Å². The number of carbonyl (C=O) groups is 1. The zero-order valence-electron chi connectivity index (χ0n) is 11.2. The molecule has 2 heterocycles. The number of likely N-dealkylation sites (tertiary alicyclic amines) is 1. The molecule has 0 bridgehead atoms. The molecule has 0 radical (unpaired) electrons. The van der Waals surface area contributed by atoms with Crippen molar-refractivity contribution in [3.63, 3.8) is 0 Å². The number of piperidine rings is 1. The summed E-state index contributed by atoms with van der Waals surface area (Å²) in [5.41, 5.74) is 0. The van der Waals surface area contributed by atoms with Gasteiger partial charge in [-0.3, -0.25) is 0 Å². The molecule has 0 aromatic heterocycles. The van der Waals surface area contributed by atoms with Crippen LogP contribution in [0.2, 0.25) is 0 Å². The zero-order valence-corrected chi connectivity index (χ0v) is 11.2. The average Bonchev–Trinajstić information content (AvgIpc) is 2.75. The molecule has 2 N–H and O–H groups in total. The second kappa shape index (κ2) is 5.25. The van der Waals surface area contributed by atoms with Crippen LogP contribution in [0, 0.1) is 11.8 Å². The minimum atomic E-state index is 0.110. The summed E-state index contributed by atoms with van der Waals surface area (Å²) < 4.78 is 0. The molecule has 2 aliphatic rings. The van der Waals surface area contributed by atoms with E-state index in [2.05, 4.69) is 31.4 Å². The quantitative estimate of drug-likeness (QED) is 0.765. The summed E-state index contributed by atoms with van der Waals surface area (Å²) in [4.78, 5) is 14.1. The van der Waals surface area contributed by atoms with Gasteiger partial charge in [0.25, 0.3) is 0 Å². The fourth-order valence-corrected chi connectivity index (χ4v) is 2.67. The largest absolute Gasteiger partial charge is 0.335 e. The van der Waals surface area contributed by atoms with Crippen molar-refractivity contribution in [2.45, 2.75) is 45.7 Å². The Hall–Kier alpha value is -0.770. The molecule has 0 aromatic carbocycles. The second-order valence-electron chi connectivity index (χ2n) is 5.83. The number of urea groups is 1. The Balaban J connectivity index is 1.84. The Morgan fingerprint density at radius 3 is 2.82 bits per heavy atom. The molecule has 4 heteroatoms. The van der Waals surface area contributed by atoms with Gasteiger partial charge in [0.05, 0.1) is 0 Å². The standard InChI is InChI=1S/C13H25N3O/c1-9(2)10(3)15-13(17)16-7-5-11-4-6-14-12(11)8-16/h9-12,14H,4-8H2,1-3H3,(H,15,17)/t10?,11-,12+/m1/s1. The molecule has 4 nitrogen and oxygen atoms in total. The van der Waals surface area contributed by atoms with Crippen LogP contribution in [0.3, 0.4) is 0 Å². The summed E-state index contributed by atoms with van der Waals surface area (Å²) in [6.45, 7) is 9.25. The van der Waals surface area contributed by atoms with E-state index in [1.54, 1.807) is 0 Å². The third-order valence-electron chi connectivity index (χ3n) is 4.32. The minimum absolute atomic E-state index is 0.110. The van der Waals surface area contributed by atoms with Crippen molar-refractivity contribution < 1.29 is 4.79 Å². The summed E-state index contributed by atoms with van der Waals surface area (Å²) >= 11 is 0. The van der Waals surface area contributed by atoms with Crippen molar-refractivity contribution in [3.05, 3.63) is 0 Å². The lowest BCUT2D eigenvalue weighted by Gasteiger charge is -2.35. The lowest BCUT2D eigenvalue weighted by atomic mass is 9.93. The van der Waals surface area contributed by atoms with E-state index in [4.69, 9.17) is 0 Å². The van der Waals surface area contributed by atoms with Gasteiger partial charge in [-0.2, -0.15) is 0 Å². The zero-order chi connectivity index (χ0) is 12.4. The van der Waals surface area contributed by atoms with Gasteiger partial charge in [0.2, 0.25) is 0 Å². The predicted molar refractivity (Wildman–Crippen MR) is 68.9 cm³/mol. The van der Waals surface area contributed by atoms with Crippen molar-refractivity contribution >= 4 is 6.03 Å². The fraction of sp³-hybridized carbons (Fsp3) is 0.923. The van der Waals surface area contributed by atoms with E-state index in [1.807, 2.05) is 4.90 Å². The van der Waals surface area contributed by atoms with Crippen LogP contribution >= 0.6 is 0 Å². The van der Waals surface area contributed by atoms with Crippen molar-refractivity contribution in [2.24, 2.45) is 11.8 Å². The first-order chi connectivity index (χ1) is 8.08. The van der Waals surface area contributed by atoms with Crippen LogP contribution < -0.4 is 10.6 Å². The van der Waals surface area contributed by atoms with Gasteiger partial charge < -0.3 is 15.5 Å². The van der Waals surface area contributed by atoms with E-state index >= 15 is 0 Å². The fourth-order valence-electron chi connectivity index (χ4n) is 2.67. The van der Waals surface area contributed by atoms with Crippen molar-refractivity contribution in [1.82, 2.24) is 15.5 Å². The van der Waals surface area contributed by atoms with Gasteiger partial charge in [-0.25, -0.2) is 4.79 Å². The van der Waals surface area contributed by atoms with E-state index in [0.29, 0.717) is 12.0 Å². The molecule has 0 saturated carbocycles. The molecular weight excluding hydrogens is 214 g/mol. The molecule has 2 saturated heterocycles. The number of nitrogens with one attached hydrogen (secondary N) is 2. The average molecular weight is 239 g/mol. The summed E-state index contributed by atoms with van der Waals surface area (Å²) in [5, 5.41) is 6.59. The van der Waals surface area contributed by atoms with Crippen molar-refractivity contribution in [3.8, 4) is 0 Å². The van der Waals surface area contributed by atoms with Crippen molar-refractivity contribution in [1.29, 1.82) is 0 Å². The summed E-state index contributed by atoms with van der Waals surface area (Å²) in [6.07, 6.45) is 2.43. The van der Waals surface area contributed by atoms with Gasteiger partial charge in [-0.05, 0) is 38.1 Å². The van der Waals surface area contributed by atoms with Gasteiger partial charge in [0.15, 0.2) is 0 Å². The monoisotopic (exact) mass is 239 g/mol. The first kappa shape index (κ1) is 12.7. The van der Waals surface area contributed by atoms with Gasteiger partial charge in [0, 0.05) is 25.2 Å². The molecule has 98 valence electrons. The number of rotatable bonds is 2.